The standard InChI is InChI=1S/C6H11NO3/c8-6(7-9)5-1-3-10-4-2-5/h5,9H,1-4H2,(H,7,8). The lowest BCUT2D eigenvalue weighted by Crippen LogP contribution is -2.32. The highest BCUT2D eigenvalue weighted by Gasteiger charge is 2.20. The molecule has 1 aliphatic heterocycles. The molecular weight excluding hydrogens is 134 g/mol. The maximum Gasteiger partial charge on any atom is 0.246 e. The van der Waals surface area contributed by atoms with Gasteiger partial charge in [0.25, 0.3) is 0 Å². The van der Waals surface area contributed by atoms with Gasteiger partial charge in [0.15, 0.2) is 0 Å². The highest BCUT2D eigenvalue weighted by Crippen LogP contribution is 2.13. The van der Waals surface area contributed by atoms with Gasteiger partial charge in [-0.2, -0.15) is 0 Å². The summed E-state index contributed by atoms with van der Waals surface area (Å²) in [5, 5.41) is 8.25. The normalized spacial score (nSPS) is 20.5. The van der Waals surface area contributed by atoms with Crippen LogP contribution in [0.1, 0.15) is 12.8 Å². The van der Waals surface area contributed by atoms with Crippen LogP contribution in [0.5, 0.6) is 0 Å². The van der Waals surface area contributed by atoms with Gasteiger partial charge in [0.2, 0.25) is 5.91 Å². The first-order chi connectivity index (χ1) is 4.84. The molecule has 1 fully saturated rings. The van der Waals surface area contributed by atoms with Gasteiger partial charge in [0, 0.05) is 19.1 Å². The summed E-state index contributed by atoms with van der Waals surface area (Å²) in [4.78, 5) is 10.8. The first kappa shape index (κ1) is 7.50. The Morgan fingerprint density at radius 1 is 1.50 bits per heavy atom. The van der Waals surface area contributed by atoms with E-state index in [1.54, 1.807) is 5.48 Å². The summed E-state index contributed by atoms with van der Waals surface area (Å²) in [5.41, 5.74) is 1.64. The summed E-state index contributed by atoms with van der Waals surface area (Å²) in [5.74, 6) is -0.345. The third kappa shape index (κ3) is 1.68. The Morgan fingerprint density at radius 3 is 2.60 bits per heavy atom. The number of hydroxylamine groups is 1. The topological polar surface area (TPSA) is 58.6 Å². The molecule has 4 heteroatoms. The van der Waals surface area contributed by atoms with Crippen molar-refractivity contribution in [3.8, 4) is 0 Å². The molecule has 58 valence electrons. The van der Waals surface area contributed by atoms with Crippen LogP contribution in [-0.4, -0.2) is 24.3 Å². The van der Waals surface area contributed by atoms with Crippen LogP contribution >= 0.6 is 0 Å². The van der Waals surface area contributed by atoms with Crippen LogP contribution in [0.25, 0.3) is 0 Å². The summed E-state index contributed by atoms with van der Waals surface area (Å²) in [7, 11) is 0. The van der Waals surface area contributed by atoms with Crippen LogP contribution in [0, 0.1) is 5.92 Å². The van der Waals surface area contributed by atoms with Gasteiger partial charge in [0.1, 0.15) is 0 Å². The van der Waals surface area contributed by atoms with Gasteiger partial charge in [-0.15, -0.1) is 0 Å². The molecule has 0 saturated carbocycles. The van der Waals surface area contributed by atoms with Crippen LogP contribution in [0.15, 0.2) is 0 Å². The van der Waals surface area contributed by atoms with Gasteiger partial charge in [0.05, 0.1) is 0 Å². The number of ether oxygens (including phenoxy) is 1. The third-order valence-corrected chi connectivity index (χ3v) is 1.70. The lowest BCUT2D eigenvalue weighted by molar-refractivity contribution is -0.136. The van der Waals surface area contributed by atoms with E-state index >= 15 is 0 Å². The van der Waals surface area contributed by atoms with Gasteiger partial charge >= 0.3 is 0 Å². The molecule has 2 N–H and O–H groups in total. The average molecular weight is 145 g/mol. The SMILES string of the molecule is O=C(NO)C1CCOCC1. The Hall–Kier alpha value is -0.610. The minimum Gasteiger partial charge on any atom is -0.381 e. The van der Waals surface area contributed by atoms with Gasteiger partial charge in [-0.25, -0.2) is 5.48 Å². The summed E-state index contributed by atoms with van der Waals surface area (Å²) >= 11 is 0. The van der Waals surface area contributed by atoms with Gasteiger partial charge < -0.3 is 4.74 Å². The largest absolute Gasteiger partial charge is 0.381 e. The minimum absolute atomic E-state index is 0.0567. The Morgan fingerprint density at radius 2 is 2.10 bits per heavy atom. The zero-order valence-corrected chi connectivity index (χ0v) is 5.67. The first-order valence-corrected chi connectivity index (χ1v) is 3.36. The molecular formula is C6H11NO3. The van der Waals surface area contributed by atoms with E-state index in [9.17, 15) is 4.79 Å². The minimum atomic E-state index is -0.289. The molecule has 0 aliphatic carbocycles. The number of hydrogen-bond acceptors (Lipinski definition) is 3. The summed E-state index contributed by atoms with van der Waals surface area (Å²) < 4.78 is 5.03. The fourth-order valence-electron chi connectivity index (χ4n) is 1.05. The second kappa shape index (κ2) is 3.53. The van der Waals surface area contributed by atoms with E-state index in [4.69, 9.17) is 9.94 Å². The van der Waals surface area contributed by atoms with Gasteiger partial charge in [-0.1, -0.05) is 0 Å². The van der Waals surface area contributed by atoms with E-state index in [1.165, 1.54) is 0 Å². The quantitative estimate of drug-likeness (QED) is 0.400. The molecule has 4 nitrogen and oxygen atoms in total. The summed E-state index contributed by atoms with van der Waals surface area (Å²) in [6.45, 7) is 1.25. The zero-order chi connectivity index (χ0) is 7.40. The van der Waals surface area contributed by atoms with Crippen LogP contribution in [-0.2, 0) is 9.53 Å². The van der Waals surface area contributed by atoms with Gasteiger partial charge in [-0.05, 0) is 12.8 Å². The van der Waals surface area contributed by atoms with E-state index in [2.05, 4.69) is 0 Å². The second-order valence-electron chi connectivity index (χ2n) is 2.36. The van der Waals surface area contributed by atoms with Gasteiger partial charge in [-0.3, -0.25) is 10.0 Å². The van der Waals surface area contributed by atoms with Crippen molar-refractivity contribution in [3.05, 3.63) is 0 Å². The Bertz CT molecular complexity index is 120. The van der Waals surface area contributed by atoms with E-state index in [0.717, 1.165) is 0 Å². The van der Waals surface area contributed by atoms with E-state index < -0.39 is 0 Å². The fourth-order valence-corrected chi connectivity index (χ4v) is 1.05. The summed E-state index contributed by atoms with van der Waals surface area (Å²) in [6.07, 6.45) is 1.43. The number of hydrogen-bond donors (Lipinski definition) is 2. The molecule has 0 aromatic rings. The maximum atomic E-state index is 10.8. The van der Waals surface area contributed by atoms with Crippen molar-refractivity contribution in [1.29, 1.82) is 0 Å². The van der Waals surface area contributed by atoms with E-state index in [-0.39, 0.29) is 11.8 Å². The van der Waals surface area contributed by atoms with Crippen LogP contribution in [0.2, 0.25) is 0 Å². The number of nitrogens with one attached hydrogen (secondary N) is 1. The Labute approximate surface area is 59.1 Å². The second-order valence-corrected chi connectivity index (χ2v) is 2.36. The molecule has 10 heavy (non-hydrogen) atoms. The monoisotopic (exact) mass is 145 g/mol. The van der Waals surface area contributed by atoms with E-state index in [0.29, 0.717) is 26.1 Å². The van der Waals surface area contributed by atoms with Crippen molar-refractivity contribution >= 4 is 5.91 Å². The van der Waals surface area contributed by atoms with Crippen molar-refractivity contribution < 1.29 is 14.7 Å². The zero-order valence-electron chi connectivity index (χ0n) is 5.67. The molecule has 0 aromatic carbocycles. The number of carbonyl (C=O) groups excluding carboxylic acids is 1. The average Bonchev–Trinajstić information content (AvgIpc) is 2.05. The van der Waals surface area contributed by atoms with Crippen molar-refractivity contribution in [3.63, 3.8) is 0 Å². The fraction of sp³-hybridized carbons (Fsp3) is 0.833. The van der Waals surface area contributed by atoms with E-state index in [1.807, 2.05) is 0 Å². The van der Waals surface area contributed by atoms with Crippen molar-refractivity contribution in [2.24, 2.45) is 5.92 Å². The smallest absolute Gasteiger partial charge is 0.246 e. The number of carbonyl (C=O) groups is 1. The van der Waals surface area contributed by atoms with Crippen molar-refractivity contribution in [2.45, 2.75) is 12.8 Å². The maximum absolute atomic E-state index is 10.8. The lowest BCUT2D eigenvalue weighted by atomic mass is 10.0. The highest BCUT2D eigenvalue weighted by molar-refractivity contribution is 5.77. The Balaban J connectivity index is 2.31. The van der Waals surface area contributed by atoms with Crippen LogP contribution in [0.4, 0.5) is 0 Å². The summed E-state index contributed by atoms with van der Waals surface area (Å²) in [6, 6.07) is 0. The molecule has 1 heterocycles. The lowest BCUT2D eigenvalue weighted by Gasteiger charge is -2.19. The third-order valence-electron chi connectivity index (χ3n) is 1.70. The molecule has 1 aliphatic rings. The molecule has 0 radical (unpaired) electrons. The van der Waals surface area contributed by atoms with Crippen LogP contribution < -0.4 is 5.48 Å². The molecule has 0 atom stereocenters. The molecule has 1 rings (SSSR count). The van der Waals surface area contributed by atoms with Crippen LogP contribution in [0.3, 0.4) is 0 Å². The predicted octanol–water partition coefficient (Wildman–Crippen LogP) is -0.0816. The molecule has 1 amide bonds. The molecule has 1 saturated heterocycles. The number of rotatable bonds is 1. The molecule has 0 bridgehead atoms. The Kier molecular flexibility index (Phi) is 2.65. The molecule has 0 unspecified atom stereocenters. The first-order valence-electron chi connectivity index (χ1n) is 3.36. The molecule has 0 spiro atoms. The van der Waals surface area contributed by atoms with Crippen molar-refractivity contribution in [1.82, 2.24) is 5.48 Å². The van der Waals surface area contributed by atoms with Crippen molar-refractivity contribution in [2.75, 3.05) is 13.2 Å². The highest BCUT2D eigenvalue weighted by atomic mass is 16.5. The number of amides is 1. The predicted molar refractivity (Wildman–Crippen MR) is 33.5 cm³/mol. The molecule has 0 aromatic heterocycles.